The molecule has 136 valence electrons. The Balaban J connectivity index is 0.000000415. The molecule has 0 aromatic heterocycles. The minimum Gasteiger partial charge on any atom is -1.00 e. The van der Waals surface area contributed by atoms with E-state index in [-0.39, 0.29) is 31.0 Å². The second kappa shape index (κ2) is 12.6. The molecule has 0 saturated carbocycles. The summed E-state index contributed by atoms with van der Waals surface area (Å²) in [7, 11) is 0. The average Bonchev–Trinajstić information content (AvgIpc) is 3.10. The fourth-order valence-electron chi connectivity index (χ4n) is 2.72. The van der Waals surface area contributed by atoms with Gasteiger partial charge in [-0.3, -0.25) is 0 Å². The third-order valence-corrected chi connectivity index (χ3v) is 3.68. The van der Waals surface area contributed by atoms with E-state index in [1.54, 1.807) is 0 Å². The van der Waals surface area contributed by atoms with Crippen molar-refractivity contribution >= 4 is 6.19 Å². The van der Waals surface area contributed by atoms with Gasteiger partial charge in [-0.05, 0) is 6.42 Å². The van der Waals surface area contributed by atoms with Gasteiger partial charge in [0.05, 0.1) is 0 Å². The molecule has 3 aromatic carbocycles. The van der Waals surface area contributed by atoms with Crippen molar-refractivity contribution in [2.24, 2.45) is 0 Å². The molecule has 0 bridgehead atoms. The van der Waals surface area contributed by atoms with Gasteiger partial charge in [-0.25, -0.2) is 12.1 Å². The van der Waals surface area contributed by atoms with Gasteiger partial charge in [-0.1, -0.05) is 49.2 Å². The van der Waals surface area contributed by atoms with Crippen LogP contribution in [-0.2, 0) is 25.6 Å². The summed E-state index contributed by atoms with van der Waals surface area (Å²) in [5.41, 5.74) is 8.23. The minimum atomic E-state index is 0. The molecule has 0 aliphatic heterocycles. The van der Waals surface area contributed by atoms with E-state index < -0.39 is 0 Å². The molecule has 0 fully saturated rings. The maximum Gasteiger partial charge on any atom is -0.0253 e. The molecule has 0 radical (unpaired) electrons. The first-order valence-corrected chi connectivity index (χ1v) is 13.1. The summed E-state index contributed by atoms with van der Waals surface area (Å²) in [6.45, 7) is 8.75. The number of aryl methyl sites for hydroxylation is 2. The molecular weight excluding hydrogens is 411 g/mol. The Bertz CT molecular complexity index is 760. The molecule has 0 amide bonds. The van der Waals surface area contributed by atoms with Crippen LogP contribution >= 0.6 is 0 Å². The third kappa shape index (κ3) is 7.90. The van der Waals surface area contributed by atoms with Crippen LogP contribution in [0, 0.1) is 19.9 Å². The number of fused-ring (bicyclic) bond motifs is 3. The molecule has 1 aliphatic carbocycles. The first kappa shape index (κ1) is 25.3. The maximum atomic E-state index is 3.30. The molecule has 4 rings (SSSR count). The first-order chi connectivity index (χ1) is 11.5. The van der Waals surface area contributed by atoms with E-state index in [0.717, 1.165) is 6.42 Å². The molecular formula is C22H24Cl2SiTi-2. The van der Waals surface area contributed by atoms with E-state index in [2.05, 4.69) is 107 Å². The van der Waals surface area contributed by atoms with Crippen LogP contribution in [0.4, 0.5) is 0 Å². The number of hydrogen-bond acceptors (Lipinski definition) is 0. The topological polar surface area (TPSA) is 0 Å². The van der Waals surface area contributed by atoms with Gasteiger partial charge in [0.25, 0.3) is 0 Å². The minimum absolute atomic E-state index is 0. The Morgan fingerprint density at radius 1 is 0.885 bits per heavy atom. The summed E-state index contributed by atoms with van der Waals surface area (Å²) in [6.07, 6.45) is 1.17. The molecule has 0 N–H and O–H groups in total. The second-order valence-corrected chi connectivity index (χ2v) is 13.0. The molecule has 1 aliphatic rings. The average molecular weight is 435 g/mol. The van der Waals surface area contributed by atoms with Crippen molar-refractivity contribution in [3.63, 3.8) is 0 Å². The summed E-state index contributed by atoms with van der Waals surface area (Å²) in [4.78, 5) is 0. The van der Waals surface area contributed by atoms with E-state index in [9.17, 15) is 0 Å². The van der Waals surface area contributed by atoms with Gasteiger partial charge in [0.1, 0.15) is 0 Å². The van der Waals surface area contributed by atoms with Gasteiger partial charge in [0, 0.05) is 0 Å². The number of halogens is 2. The first-order valence-electron chi connectivity index (χ1n) is 8.27. The van der Waals surface area contributed by atoms with Crippen molar-refractivity contribution in [3.05, 3.63) is 89.0 Å². The number of hydrogen-bond donors (Lipinski definition) is 0. The SMILES string of the molecule is C[Si](C)=[Ti+2].Cc1ccc(C)[cH-]1.[Cl-].[Cl-].[c-]1cccc2c1Cc1ccccc1-2. The normalized spacial score (nSPS) is 9.77. The smallest absolute Gasteiger partial charge is 0.0253 e. The summed E-state index contributed by atoms with van der Waals surface area (Å²) >= 11 is 2.27. The monoisotopic (exact) mass is 434 g/mol. The van der Waals surface area contributed by atoms with Crippen LogP contribution in [0.2, 0.25) is 13.1 Å². The molecule has 0 nitrogen and oxygen atoms in total. The van der Waals surface area contributed by atoms with Crippen molar-refractivity contribution in [2.45, 2.75) is 33.4 Å². The molecule has 4 heteroatoms. The Hall–Kier alpha value is -0.699. The summed E-state index contributed by atoms with van der Waals surface area (Å²) in [5.74, 6) is 0. The van der Waals surface area contributed by atoms with Gasteiger partial charge >= 0.3 is 38.5 Å². The Labute approximate surface area is 182 Å². The number of rotatable bonds is 0. The van der Waals surface area contributed by atoms with Crippen LogP contribution < -0.4 is 24.8 Å². The van der Waals surface area contributed by atoms with Gasteiger partial charge in [0.15, 0.2) is 0 Å². The summed E-state index contributed by atoms with van der Waals surface area (Å²) in [5, 5.41) is 0. The fraction of sp³-hybridized carbons (Fsp3) is 0.227. The zero-order valence-electron chi connectivity index (χ0n) is 15.7. The number of benzene rings is 2. The van der Waals surface area contributed by atoms with Crippen LogP contribution in [-0.4, -0.2) is 6.19 Å². The molecule has 26 heavy (non-hydrogen) atoms. The molecule has 0 unspecified atom stereocenters. The third-order valence-electron chi connectivity index (χ3n) is 3.68. The molecule has 0 saturated heterocycles. The largest absolute Gasteiger partial charge is 1.00 e. The van der Waals surface area contributed by atoms with Crippen molar-refractivity contribution in [1.82, 2.24) is 0 Å². The van der Waals surface area contributed by atoms with Crippen LogP contribution in [0.15, 0.2) is 60.7 Å². The molecule has 3 aromatic rings. The van der Waals surface area contributed by atoms with Crippen molar-refractivity contribution in [2.75, 3.05) is 0 Å². The van der Waals surface area contributed by atoms with Gasteiger partial charge < -0.3 is 24.8 Å². The maximum absolute atomic E-state index is 3.30. The quantitative estimate of drug-likeness (QED) is 0.267. The Morgan fingerprint density at radius 2 is 1.42 bits per heavy atom. The van der Waals surface area contributed by atoms with Crippen LogP contribution in [0.25, 0.3) is 11.1 Å². The molecule has 0 spiro atoms. The standard InChI is InChI=1S/C13H9.C7H9.C2H6Si.2ClH.Ti/c1-3-7-12-10(5-1)9-11-6-2-4-8-13(11)12;1-6-3-4-7(2)5-6;1-3-2;;;/h1-5,7-8H,9H2;3-5H,1-2H3;1-2H3;2*1H;/q2*-1;;;;+2/p-2. The summed E-state index contributed by atoms with van der Waals surface area (Å²) in [6, 6.07) is 24.5. The summed E-state index contributed by atoms with van der Waals surface area (Å²) < 4.78 is 0. The van der Waals surface area contributed by atoms with E-state index in [4.69, 9.17) is 0 Å². The second-order valence-electron chi connectivity index (χ2n) is 6.36. The van der Waals surface area contributed by atoms with E-state index in [1.807, 2.05) is 6.07 Å². The van der Waals surface area contributed by atoms with Crippen LogP contribution in [0.1, 0.15) is 22.3 Å². The predicted molar refractivity (Wildman–Crippen MR) is 103 cm³/mol. The van der Waals surface area contributed by atoms with E-state index >= 15 is 0 Å². The fourth-order valence-corrected chi connectivity index (χ4v) is 2.72. The van der Waals surface area contributed by atoms with Crippen molar-refractivity contribution < 1.29 is 44.0 Å². The predicted octanol–water partition coefficient (Wildman–Crippen LogP) is -0.127. The van der Waals surface area contributed by atoms with Crippen LogP contribution in [0.3, 0.4) is 0 Å². The molecule has 0 atom stereocenters. The van der Waals surface area contributed by atoms with E-state index in [1.165, 1.54) is 33.4 Å². The Morgan fingerprint density at radius 3 is 1.96 bits per heavy atom. The van der Waals surface area contributed by atoms with Gasteiger partial charge in [-0.2, -0.15) is 47.0 Å². The zero-order valence-corrected chi connectivity index (χ0v) is 19.8. The molecule has 0 heterocycles. The van der Waals surface area contributed by atoms with Gasteiger partial charge in [-0.15, -0.1) is 5.56 Å². The van der Waals surface area contributed by atoms with Gasteiger partial charge in [0.2, 0.25) is 0 Å². The van der Waals surface area contributed by atoms with Crippen molar-refractivity contribution in [1.29, 1.82) is 0 Å². The van der Waals surface area contributed by atoms with Crippen molar-refractivity contribution in [3.8, 4) is 11.1 Å². The zero-order chi connectivity index (χ0) is 17.5. The van der Waals surface area contributed by atoms with E-state index in [0.29, 0.717) is 0 Å². The van der Waals surface area contributed by atoms with Crippen LogP contribution in [0.5, 0.6) is 0 Å². The Kier molecular flexibility index (Phi) is 12.3.